The number of amides is 1. The molecule has 2 atom stereocenters. The van der Waals surface area contributed by atoms with Gasteiger partial charge in [0, 0.05) is 56.0 Å². The van der Waals surface area contributed by atoms with E-state index in [0.717, 1.165) is 24.8 Å². The van der Waals surface area contributed by atoms with Crippen LogP contribution in [0.3, 0.4) is 0 Å². The van der Waals surface area contributed by atoms with Crippen LogP contribution < -0.4 is 0 Å². The predicted octanol–water partition coefficient (Wildman–Crippen LogP) is 2.40. The number of aliphatic carboxylic acids is 1. The van der Waals surface area contributed by atoms with Crippen LogP contribution in [0.1, 0.15) is 37.3 Å². The standard InChI is InChI=1S/C25H32FN3O4S/c26-20-4-2-1-3-19(20)24(25(33)17-5-6-17)29-11-8-21(34)18(15-29)7-10-27-13-14-28(22(30)16-27)12-9-23(31)32/h1-4,7,17,21,24,34H,5-6,8-16H2,(H,31,32)/b18-7-. The average molecular weight is 490 g/mol. The van der Waals surface area contributed by atoms with Gasteiger partial charge in [0.15, 0.2) is 5.78 Å². The molecule has 2 heterocycles. The number of ketones is 1. The van der Waals surface area contributed by atoms with E-state index in [1.54, 1.807) is 23.1 Å². The largest absolute Gasteiger partial charge is 0.481 e. The zero-order valence-corrected chi connectivity index (χ0v) is 20.1. The van der Waals surface area contributed by atoms with E-state index in [2.05, 4.69) is 11.0 Å². The number of Topliss-reactive ketones (excluding diaryl/α,β-unsaturated/α-hetero) is 1. The second kappa shape index (κ2) is 11.0. The Morgan fingerprint density at radius 1 is 1.15 bits per heavy atom. The number of carboxylic acids is 1. The summed E-state index contributed by atoms with van der Waals surface area (Å²) < 4.78 is 14.7. The summed E-state index contributed by atoms with van der Waals surface area (Å²) in [6.45, 7) is 3.47. The van der Waals surface area contributed by atoms with Crippen molar-refractivity contribution < 1.29 is 23.9 Å². The lowest BCUT2D eigenvalue weighted by Gasteiger charge is -2.38. The Kier molecular flexibility index (Phi) is 8.06. The highest BCUT2D eigenvalue weighted by Crippen LogP contribution is 2.39. The van der Waals surface area contributed by atoms with Gasteiger partial charge in [-0.15, -0.1) is 0 Å². The van der Waals surface area contributed by atoms with Gasteiger partial charge in [-0.1, -0.05) is 24.3 Å². The third-order valence-corrected chi connectivity index (χ3v) is 7.51. The maximum atomic E-state index is 14.7. The Bertz CT molecular complexity index is 967. The third-order valence-electron chi connectivity index (χ3n) is 6.92. The van der Waals surface area contributed by atoms with E-state index in [-0.39, 0.29) is 48.2 Å². The molecule has 3 aliphatic rings. The highest BCUT2D eigenvalue weighted by Gasteiger charge is 2.40. The molecule has 0 radical (unpaired) electrons. The number of hydrogen-bond acceptors (Lipinski definition) is 6. The van der Waals surface area contributed by atoms with Crippen molar-refractivity contribution in [3.05, 3.63) is 47.3 Å². The van der Waals surface area contributed by atoms with Gasteiger partial charge in [0.1, 0.15) is 5.82 Å². The first-order valence-electron chi connectivity index (χ1n) is 11.9. The number of piperidine rings is 1. The second-order valence-electron chi connectivity index (χ2n) is 9.41. The van der Waals surface area contributed by atoms with Crippen LogP contribution in [0.25, 0.3) is 0 Å². The smallest absolute Gasteiger partial charge is 0.305 e. The molecule has 2 unspecified atom stereocenters. The molecule has 1 aromatic rings. The lowest BCUT2D eigenvalue weighted by atomic mass is 9.93. The molecule has 0 aromatic heterocycles. The zero-order chi connectivity index (χ0) is 24.2. The van der Waals surface area contributed by atoms with E-state index in [1.165, 1.54) is 6.07 Å². The molecule has 0 spiro atoms. The van der Waals surface area contributed by atoms with E-state index in [0.29, 0.717) is 38.3 Å². The molecule has 1 aliphatic carbocycles. The first-order valence-corrected chi connectivity index (χ1v) is 12.5. The SMILES string of the molecule is O=C(O)CCN1CCN(C/C=C2/CN(C(C(=O)C3CC3)c3ccccc3F)CCC2S)CC1=O. The van der Waals surface area contributed by atoms with Crippen LogP contribution in [0, 0.1) is 11.7 Å². The molecule has 184 valence electrons. The minimum Gasteiger partial charge on any atom is -0.481 e. The number of hydrogen-bond donors (Lipinski definition) is 2. The van der Waals surface area contributed by atoms with Gasteiger partial charge in [0.2, 0.25) is 5.91 Å². The first-order chi connectivity index (χ1) is 16.3. The number of piperazine rings is 1. The Balaban J connectivity index is 1.42. The lowest BCUT2D eigenvalue weighted by molar-refractivity contribution is -0.140. The Morgan fingerprint density at radius 2 is 1.91 bits per heavy atom. The first kappa shape index (κ1) is 24.9. The van der Waals surface area contributed by atoms with Gasteiger partial charge in [-0.3, -0.25) is 24.2 Å². The van der Waals surface area contributed by atoms with Crippen molar-refractivity contribution >= 4 is 30.3 Å². The number of nitrogens with zero attached hydrogens (tertiary/aromatic N) is 3. The second-order valence-corrected chi connectivity index (χ2v) is 10.0. The Hall–Kier alpha value is -2.23. The van der Waals surface area contributed by atoms with Crippen molar-refractivity contribution in [2.24, 2.45) is 5.92 Å². The van der Waals surface area contributed by atoms with Crippen LogP contribution in [0.15, 0.2) is 35.9 Å². The molecular formula is C25H32FN3O4S. The van der Waals surface area contributed by atoms with Gasteiger partial charge in [-0.2, -0.15) is 12.6 Å². The number of likely N-dealkylation sites (tertiary alicyclic amines) is 1. The van der Waals surface area contributed by atoms with Gasteiger partial charge >= 0.3 is 5.97 Å². The Morgan fingerprint density at radius 3 is 2.59 bits per heavy atom. The predicted molar refractivity (Wildman–Crippen MR) is 129 cm³/mol. The normalized spacial score (nSPS) is 24.4. The minimum absolute atomic E-state index is 0.0224. The molecule has 1 amide bonds. The van der Waals surface area contributed by atoms with Crippen LogP contribution >= 0.6 is 12.6 Å². The molecule has 2 aliphatic heterocycles. The summed E-state index contributed by atoms with van der Waals surface area (Å²) >= 11 is 4.75. The summed E-state index contributed by atoms with van der Waals surface area (Å²) in [5.41, 5.74) is 1.53. The third kappa shape index (κ3) is 6.06. The molecule has 2 saturated heterocycles. The fraction of sp³-hybridized carbons (Fsp3) is 0.560. The average Bonchev–Trinajstić information content (AvgIpc) is 3.65. The number of carbonyl (C=O) groups is 3. The van der Waals surface area contributed by atoms with E-state index in [1.807, 2.05) is 4.90 Å². The highest BCUT2D eigenvalue weighted by molar-refractivity contribution is 7.81. The van der Waals surface area contributed by atoms with Crippen molar-refractivity contribution in [2.75, 3.05) is 45.8 Å². The van der Waals surface area contributed by atoms with Crippen LogP contribution in [0.5, 0.6) is 0 Å². The number of halogens is 1. The van der Waals surface area contributed by atoms with Crippen molar-refractivity contribution in [1.82, 2.24) is 14.7 Å². The maximum absolute atomic E-state index is 14.7. The maximum Gasteiger partial charge on any atom is 0.305 e. The van der Waals surface area contributed by atoms with E-state index >= 15 is 0 Å². The number of carboxylic acid groups (broad SMARTS) is 1. The minimum atomic E-state index is -0.907. The lowest BCUT2D eigenvalue weighted by Crippen LogP contribution is -2.50. The molecule has 34 heavy (non-hydrogen) atoms. The zero-order valence-electron chi connectivity index (χ0n) is 19.2. The summed E-state index contributed by atoms with van der Waals surface area (Å²) in [6.07, 6.45) is 4.56. The molecule has 4 rings (SSSR count). The van der Waals surface area contributed by atoms with Crippen molar-refractivity contribution in [2.45, 2.75) is 37.0 Å². The molecule has 1 aromatic carbocycles. The molecule has 0 bridgehead atoms. The molecular weight excluding hydrogens is 457 g/mol. The summed E-state index contributed by atoms with van der Waals surface area (Å²) in [5, 5.41) is 8.90. The Labute approximate surface area is 205 Å². The van der Waals surface area contributed by atoms with E-state index in [9.17, 15) is 18.8 Å². The van der Waals surface area contributed by atoms with Crippen molar-refractivity contribution in [3.63, 3.8) is 0 Å². The molecule has 3 fully saturated rings. The van der Waals surface area contributed by atoms with Crippen LogP contribution in [0.4, 0.5) is 4.39 Å². The monoisotopic (exact) mass is 489 g/mol. The van der Waals surface area contributed by atoms with Crippen LogP contribution in [0.2, 0.25) is 0 Å². The quantitative estimate of drug-likeness (QED) is 0.410. The van der Waals surface area contributed by atoms with Crippen LogP contribution in [-0.2, 0) is 14.4 Å². The fourth-order valence-electron chi connectivity index (χ4n) is 4.76. The molecule has 9 heteroatoms. The molecule has 7 nitrogen and oxygen atoms in total. The van der Waals surface area contributed by atoms with E-state index < -0.39 is 12.0 Å². The van der Waals surface area contributed by atoms with Crippen LogP contribution in [-0.4, -0.2) is 88.5 Å². The number of benzene rings is 1. The summed E-state index contributed by atoms with van der Waals surface area (Å²) in [4.78, 5) is 42.1. The van der Waals surface area contributed by atoms with Gasteiger partial charge < -0.3 is 10.0 Å². The fourth-order valence-corrected chi connectivity index (χ4v) is 5.06. The number of thiol groups is 1. The number of rotatable bonds is 9. The molecule has 1 saturated carbocycles. The summed E-state index contributed by atoms with van der Waals surface area (Å²) in [5.74, 6) is -1.19. The number of carbonyl (C=O) groups excluding carboxylic acids is 2. The van der Waals surface area contributed by atoms with E-state index in [4.69, 9.17) is 17.7 Å². The molecule has 1 N–H and O–H groups in total. The highest BCUT2D eigenvalue weighted by atomic mass is 32.1. The van der Waals surface area contributed by atoms with Gasteiger partial charge in [-0.25, -0.2) is 4.39 Å². The van der Waals surface area contributed by atoms with Crippen molar-refractivity contribution in [3.8, 4) is 0 Å². The van der Waals surface area contributed by atoms with Crippen molar-refractivity contribution in [1.29, 1.82) is 0 Å². The van der Waals surface area contributed by atoms with Gasteiger partial charge in [0.25, 0.3) is 0 Å². The van der Waals surface area contributed by atoms with Gasteiger partial charge in [-0.05, 0) is 30.9 Å². The topological polar surface area (TPSA) is 81.2 Å². The summed E-state index contributed by atoms with van der Waals surface area (Å²) in [7, 11) is 0. The van der Waals surface area contributed by atoms with Gasteiger partial charge in [0.05, 0.1) is 19.0 Å². The summed E-state index contributed by atoms with van der Waals surface area (Å²) in [6, 6.07) is 5.97.